The Bertz CT molecular complexity index is 2340. The molecule has 510 valence electrons. The van der Waals surface area contributed by atoms with Gasteiger partial charge in [-0.05, 0) is 88.3 Å². The number of aliphatic hydroxyl groups excluding tert-OH is 1. The Morgan fingerprint density at radius 3 is 1.20 bits per heavy atom. The van der Waals surface area contributed by atoms with Crippen LogP contribution in [0.25, 0.3) is 0 Å². The van der Waals surface area contributed by atoms with Crippen molar-refractivity contribution in [1.82, 2.24) is 0 Å². The predicted octanol–water partition coefficient (Wildman–Crippen LogP) is 0.687. The van der Waals surface area contributed by atoms with E-state index in [4.69, 9.17) is 123 Å². The maximum absolute atomic E-state index is 12.5. The number of ether oxygens (including phenoxy) is 7. The molecule has 0 aromatic rings. The van der Waals surface area contributed by atoms with E-state index < -0.39 is 142 Å². The third-order valence-corrected chi connectivity index (χ3v) is 15.9. The van der Waals surface area contributed by atoms with Gasteiger partial charge in [0.15, 0.2) is 6.10 Å². The molecule has 5 rings (SSSR count). The Kier molecular flexibility index (Phi) is 50.2. The number of aliphatic carboxylic acids is 1. The normalized spacial score (nSPS) is 31.2. The van der Waals surface area contributed by atoms with E-state index in [1.165, 1.54) is 14.3 Å². The molecule has 92 heavy (non-hydrogen) atoms. The van der Waals surface area contributed by atoms with Gasteiger partial charge in [0.1, 0.15) is 41.9 Å². The average Bonchev–Trinajstić information content (AvgIpc) is 2.84. The molecule has 46 heteroatoms. The average molecular weight is 1700 g/mol. The number of aliphatic hydroxyl groups is 1. The fraction of sp³-hybridized carbons (Fsp3) is 0.935. The number of hydrogen-bond donors (Lipinski definition) is 3. The van der Waals surface area contributed by atoms with Crippen molar-refractivity contribution in [2.75, 3.05) is 33.0 Å². The van der Waals surface area contributed by atoms with Crippen LogP contribution >= 0.6 is 39.1 Å². The molecular weight excluding hydrogens is 1620 g/mol. The maximum Gasteiger partial charge on any atom is 0.335 e. The Morgan fingerprint density at radius 2 is 0.859 bits per heavy atom. The summed E-state index contributed by atoms with van der Waals surface area (Å²) in [6, 6.07) is -3.33. The van der Waals surface area contributed by atoms with E-state index >= 15 is 0 Å². The second kappa shape index (κ2) is 45.8. The largest absolute Gasteiger partial charge is 0.758 e. The molecule has 5 fully saturated rings. The van der Waals surface area contributed by atoms with E-state index in [-0.39, 0.29) is 219 Å². The zero-order chi connectivity index (χ0) is 67.6. The molecule has 0 saturated carbocycles. The standard InChI is InChI=1S/C18H33B3O11P2.C10H18BO7P.C10H19BO6P.C8H16B2O6P.4Y/c1-11(2)26-8-14-13(7-17(21-20)30-14)32-33(22,23)27-9-15-12(6-16(19)29-15)31-34(24,25)28-10-18(3,4)5;1-10(2,3)5-16-19(14,15)18-6-4-7(11)17-8(6)9(12)13;1-10(2,3)6-15-18(13,14)17-7-4-9(11)16-8(7)5-12;1-5(2)14-4-7-6(16-17(11,12)13)3-8(10-9)15-7;;;;/h9,11-17H,6-8,10H2,1-5H3,(H,22,23)(H,24,25);6-8H,4-5H2,1-3H3,(H,12,13)(H,14,15);5,7-9,12H,4,6H2,1-3H3,(H,13,14);5-8H,3-4H2,1-2H3,(H2,11,12,13);;;;/q-1;;-1;;;;;/p-5/t12?,13?,14-,15-,16-,17-;6?,7-,8+;7?,8-,9-;6?,7-,8-;;;;/m1111..../s1. The Morgan fingerprint density at radius 1 is 0.533 bits per heavy atom. The minimum absolute atomic E-state index is 0. The van der Waals surface area contributed by atoms with Crippen LogP contribution in [-0.4, -0.2) is 211 Å². The van der Waals surface area contributed by atoms with Crippen LogP contribution in [0.1, 0.15) is 122 Å². The predicted molar refractivity (Wildman–Crippen MR) is 309 cm³/mol. The summed E-state index contributed by atoms with van der Waals surface area (Å²) < 4.78 is 139. The van der Waals surface area contributed by atoms with Crippen molar-refractivity contribution in [2.24, 2.45) is 16.2 Å². The minimum Gasteiger partial charge on any atom is -0.758 e. The van der Waals surface area contributed by atoms with E-state index in [1.54, 1.807) is 41.5 Å². The molecule has 0 aliphatic carbocycles. The summed E-state index contributed by atoms with van der Waals surface area (Å²) in [4.78, 5) is 78.1. The monoisotopic (exact) mass is 1700 g/mol. The molecule has 30 nitrogen and oxygen atoms in total. The Labute approximate surface area is 650 Å². The van der Waals surface area contributed by atoms with E-state index in [2.05, 4.69) is 4.52 Å². The van der Waals surface area contributed by atoms with Crippen molar-refractivity contribution in [2.45, 2.75) is 225 Å². The number of rotatable bonds is 29. The summed E-state index contributed by atoms with van der Waals surface area (Å²) in [6.45, 7) is 25.3. The zero-order valence-electron chi connectivity index (χ0n) is 54.0. The first kappa shape index (κ1) is 101. The van der Waals surface area contributed by atoms with Crippen molar-refractivity contribution < 1.29 is 272 Å². The van der Waals surface area contributed by atoms with Gasteiger partial charge in [-0.1, -0.05) is 62.3 Å². The van der Waals surface area contributed by atoms with Crippen molar-refractivity contribution in [3.63, 3.8) is 0 Å². The molecule has 5 heterocycles. The smallest absolute Gasteiger partial charge is 0.335 e. The van der Waals surface area contributed by atoms with Gasteiger partial charge in [-0.25, -0.2) is 4.79 Å². The molecule has 20 atom stereocenters. The van der Waals surface area contributed by atoms with Gasteiger partial charge in [0.2, 0.25) is 7.82 Å². The molecule has 0 amide bonds. The van der Waals surface area contributed by atoms with Crippen LogP contribution in [0.2, 0.25) is 0 Å². The SMILES string of the molecule is [B][B][C@H]1CC(OP(=O)([O-])O)[C@@H](COC(C)C)O1.[B][B][C@H]1CC(OP(=O)([O-])O[CH-][C@H]2O[C@@H]([B])CC2OP(=O)([O-])OCC(C)(C)C)[C@@H](COC(C)C)O1.[B][C@H]1CC(OP(=O)([O-])OCC(C)(C)C)[C@@H](C(=O)O)O1.[B][C@H]1CC(OP(=O)([O-])OCC(C)(C)C)[C@@H]([CH-]O)O1.[Y].[Y].[Y].[Y]. The Hall–Kier alpha value is 4.57. The summed E-state index contributed by atoms with van der Waals surface area (Å²) in [7, 11) is 6.67. The third-order valence-electron chi connectivity index (χ3n) is 11.5. The van der Waals surface area contributed by atoms with Crippen molar-refractivity contribution >= 4 is 98.4 Å². The van der Waals surface area contributed by atoms with Crippen LogP contribution in [0.3, 0.4) is 0 Å². The summed E-state index contributed by atoms with van der Waals surface area (Å²) in [5.41, 5.74) is -1.08. The van der Waals surface area contributed by atoms with Crippen molar-refractivity contribution in [3.05, 3.63) is 13.2 Å². The molecule has 5 saturated heterocycles. The number of carboxylic acid groups (broad SMARTS) is 1. The van der Waals surface area contributed by atoms with Gasteiger partial charge < -0.3 is 113 Å². The summed E-state index contributed by atoms with van der Waals surface area (Å²) >= 11 is 0. The zero-order valence-corrected chi connectivity index (χ0v) is 69.8. The van der Waals surface area contributed by atoms with Crippen LogP contribution in [0.4, 0.5) is 0 Å². The van der Waals surface area contributed by atoms with Gasteiger partial charge in [-0.15, -0.1) is 0 Å². The summed E-state index contributed by atoms with van der Waals surface area (Å²) in [6.07, 6.45) is -9.08. The molecule has 0 spiro atoms. The van der Waals surface area contributed by atoms with Crippen LogP contribution in [0.15, 0.2) is 0 Å². The number of phosphoric acid groups is 5. The number of carboxylic acids is 1. The van der Waals surface area contributed by atoms with E-state index in [1.807, 2.05) is 48.5 Å². The molecule has 3 N–H and O–H groups in total. The van der Waals surface area contributed by atoms with Gasteiger partial charge in [-0.2, -0.15) is 13.2 Å². The molecule has 5 aliphatic heterocycles. The summed E-state index contributed by atoms with van der Waals surface area (Å²) in [5, 5.41) is 17.8. The molecule has 0 aromatic carbocycles. The topological polar surface area (TPSA) is 426 Å². The summed E-state index contributed by atoms with van der Waals surface area (Å²) in [5.74, 6) is -1.33. The second-order valence-electron chi connectivity index (χ2n) is 24.8. The number of carbonyl (C=O) groups is 1. The molecule has 16 radical (unpaired) electrons. The van der Waals surface area contributed by atoms with Crippen LogP contribution in [-0.2, 0) is 232 Å². The van der Waals surface area contributed by atoms with Crippen LogP contribution in [0, 0.1) is 29.5 Å². The molecule has 10 unspecified atom stereocenters. The van der Waals surface area contributed by atoms with Gasteiger partial charge in [-0.3, -0.25) is 22.8 Å². The fourth-order valence-corrected chi connectivity index (χ4v) is 12.5. The number of phosphoric ester groups is 5. The fourth-order valence-electron chi connectivity index (χ4n) is 7.61. The first-order chi connectivity index (χ1) is 40.0. The van der Waals surface area contributed by atoms with Gasteiger partial charge >= 0.3 is 5.97 Å². The molecule has 5 aliphatic rings. The molecule has 0 aromatic heterocycles. The van der Waals surface area contributed by atoms with Crippen molar-refractivity contribution in [3.8, 4) is 0 Å². The Balaban J connectivity index is -0.00000119. The quantitative estimate of drug-likeness (QED) is 0.0527. The van der Waals surface area contributed by atoms with E-state index in [9.17, 15) is 52.1 Å². The molecular formula is C46H81B7O30P5Y4-7. The van der Waals surface area contributed by atoms with Crippen molar-refractivity contribution in [1.29, 1.82) is 0 Å². The van der Waals surface area contributed by atoms with Gasteiger partial charge in [0, 0.05) is 176 Å². The number of hydrogen-bond acceptors (Lipinski definition) is 28. The second-order valence-corrected chi connectivity index (χ2v) is 31.4. The minimum atomic E-state index is -4.90. The third kappa shape index (κ3) is 44.4. The van der Waals surface area contributed by atoms with Gasteiger partial charge in [0.05, 0.1) is 84.0 Å². The van der Waals surface area contributed by atoms with E-state index in [0.717, 1.165) is 13.2 Å². The molecule has 0 bridgehead atoms. The first-order valence-corrected chi connectivity index (χ1v) is 35.1. The maximum atomic E-state index is 12.5. The van der Waals surface area contributed by atoms with E-state index in [0.29, 0.717) is 0 Å². The first-order valence-electron chi connectivity index (χ1n) is 27.8. The van der Waals surface area contributed by atoms with Crippen LogP contribution < -0.4 is 24.5 Å². The van der Waals surface area contributed by atoms with Gasteiger partial charge in [0.25, 0.3) is 31.3 Å². The van der Waals surface area contributed by atoms with Crippen LogP contribution in [0.5, 0.6) is 0 Å².